The van der Waals surface area contributed by atoms with Gasteiger partial charge in [0.1, 0.15) is 22.8 Å². The summed E-state index contributed by atoms with van der Waals surface area (Å²) in [6.07, 6.45) is 3.13. The van der Waals surface area contributed by atoms with E-state index in [1.54, 1.807) is 16.8 Å². The lowest BCUT2D eigenvalue weighted by atomic mass is 10.1. The first-order valence-electron chi connectivity index (χ1n) is 10.6. The molecule has 0 amide bonds. The van der Waals surface area contributed by atoms with Crippen LogP contribution in [0.4, 0.5) is 13.9 Å². The minimum atomic E-state index is -4.48. The molecule has 0 spiro atoms. The highest BCUT2D eigenvalue weighted by Crippen LogP contribution is 2.51. The number of sulfonamides is 1. The van der Waals surface area contributed by atoms with Crippen LogP contribution in [0.1, 0.15) is 12.5 Å². The first-order chi connectivity index (χ1) is 17.5. The van der Waals surface area contributed by atoms with Gasteiger partial charge in [0.15, 0.2) is 11.6 Å². The number of anilines is 1. The number of hydrogen-bond donors (Lipinski definition) is 3. The van der Waals surface area contributed by atoms with Gasteiger partial charge in [-0.25, -0.2) is 22.2 Å². The summed E-state index contributed by atoms with van der Waals surface area (Å²) in [7, 11) is -7.18. The first-order valence-corrected chi connectivity index (χ1v) is 15.1. The van der Waals surface area contributed by atoms with Crippen LogP contribution in [0.2, 0.25) is 5.02 Å². The zero-order valence-electron chi connectivity index (χ0n) is 18.6. The van der Waals surface area contributed by atoms with E-state index in [4.69, 9.17) is 16.3 Å². The second-order valence-electron chi connectivity index (χ2n) is 8.08. The molecule has 2 aromatic heterocycles. The van der Waals surface area contributed by atoms with Gasteiger partial charge in [0, 0.05) is 46.2 Å². The summed E-state index contributed by atoms with van der Waals surface area (Å²) >= 11 is 6.94. The number of benzene rings is 2. The van der Waals surface area contributed by atoms with E-state index >= 15 is 0 Å². The van der Waals surface area contributed by atoms with Crippen LogP contribution in [0.3, 0.4) is 0 Å². The zero-order valence-corrected chi connectivity index (χ0v) is 21.8. The van der Waals surface area contributed by atoms with Crippen molar-refractivity contribution in [3.63, 3.8) is 0 Å². The van der Waals surface area contributed by atoms with Crippen molar-refractivity contribution in [3.8, 4) is 22.8 Å². The van der Waals surface area contributed by atoms with E-state index in [0.717, 1.165) is 17.9 Å². The van der Waals surface area contributed by atoms with Crippen molar-refractivity contribution in [2.24, 2.45) is 0 Å². The summed E-state index contributed by atoms with van der Waals surface area (Å²) in [4.78, 5) is 2.74. The van der Waals surface area contributed by atoms with E-state index in [-0.39, 0.29) is 28.4 Å². The van der Waals surface area contributed by atoms with Gasteiger partial charge in [-0.2, -0.15) is 20.1 Å². The van der Waals surface area contributed by atoms with E-state index < -0.39 is 42.9 Å². The van der Waals surface area contributed by atoms with Crippen LogP contribution >= 0.6 is 33.7 Å². The van der Waals surface area contributed by atoms with Gasteiger partial charge in [0.2, 0.25) is 5.13 Å². The predicted octanol–water partition coefficient (Wildman–Crippen LogP) is 5.62. The zero-order chi connectivity index (χ0) is 26.4. The highest BCUT2D eigenvalue weighted by Gasteiger charge is 2.32. The molecule has 3 heterocycles. The molecule has 1 aliphatic rings. The molecule has 4 aromatic rings. The quantitative estimate of drug-likeness (QED) is 0.252. The van der Waals surface area contributed by atoms with Gasteiger partial charge in [-0.1, -0.05) is 11.6 Å². The third-order valence-corrected chi connectivity index (χ3v) is 9.66. The van der Waals surface area contributed by atoms with Crippen LogP contribution in [-0.4, -0.2) is 48.2 Å². The lowest BCUT2D eigenvalue weighted by Crippen LogP contribution is -2.15. The summed E-state index contributed by atoms with van der Waals surface area (Å²) in [5.74, 6) is -2.44. The second kappa shape index (κ2) is 9.81. The van der Waals surface area contributed by atoms with Crippen molar-refractivity contribution in [1.82, 2.24) is 19.1 Å². The number of halogens is 3. The molecule has 10 nitrogen and oxygen atoms in total. The molecule has 0 radical (unpaired) electrons. The Morgan fingerprint density at radius 2 is 1.97 bits per heavy atom. The Morgan fingerprint density at radius 1 is 1.16 bits per heavy atom. The molecule has 0 bridgehead atoms. The average Bonchev–Trinajstić information content (AvgIpc) is 3.58. The molecule has 37 heavy (non-hydrogen) atoms. The van der Waals surface area contributed by atoms with E-state index in [0.29, 0.717) is 34.8 Å². The molecule has 1 atom stereocenters. The third kappa shape index (κ3) is 5.42. The number of nitrogens with zero attached hydrogens (tertiary/aromatic N) is 4. The standard InChI is InChI=1S/C21H18ClF2N5O5S3/c22-12-1-2-18(14(7-12)17-3-5-26-29(17)13-4-6-36(30,31)10-13)34-19-8-16(24)20(9-15(19)23)37(32,33)28-21-25-11-27-35-21/h1-3,5,7-9,11,13,30-31H,4,6,10H2,(H,25,27,28). The third-order valence-electron chi connectivity index (χ3n) is 5.55. The summed E-state index contributed by atoms with van der Waals surface area (Å²) in [6, 6.07) is 7.01. The maximum Gasteiger partial charge on any atom is 0.266 e. The maximum absolute atomic E-state index is 15.0. The summed E-state index contributed by atoms with van der Waals surface area (Å²) in [5, 5.41) is 4.54. The molecule has 196 valence electrons. The Kier molecular flexibility index (Phi) is 6.84. The maximum atomic E-state index is 15.0. The molecule has 2 aromatic carbocycles. The Morgan fingerprint density at radius 3 is 2.68 bits per heavy atom. The normalized spacial score (nSPS) is 18.0. The van der Waals surface area contributed by atoms with Gasteiger partial charge in [-0.15, -0.1) is 0 Å². The number of nitrogens with one attached hydrogen (secondary N) is 1. The Hall–Kier alpha value is -2.82. The van der Waals surface area contributed by atoms with E-state index in [9.17, 15) is 26.3 Å². The number of aromatic nitrogens is 4. The highest BCUT2D eigenvalue weighted by atomic mass is 35.5. The summed E-state index contributed by atoms with van der Waals surface area (Å²) in [5.41, 5.74) is 0.906. The predicted molar refractivity (Wildman–Crippen MR) is 136 cm³/mol. The fourth-order valence-corrected chi connectivity index (χ4v) is 7.55. The van der Waals surface area contributed by atoms with Gasteiger partial charge >= 0.3 is 0 Å². The number of rotatable bonds is 7. The number of hydrogen-bond acceptors (Lipinski definition) is 9. The molecule has 1 unspecified atom stereocenters. The van der Waals surface area contributed by atoms with E-state index in [2.05, 4.69) is 14.5 Å². The largest absolute Gasteiger partial charge is 0.453 e. The van der Waals surface area contributed by atoms with Crippen LogP contribution in [-0.2, 0) is 10.0 Å². The van der Waals surface area contributed by atoms with Crippen LogP contribution in [0.15, 0.2) is 53.8 Å². The van der Waals surface area contributed by atoms with Gasteiger partial charge < -0.3 is 4.74 Å². The van der Waals surface area contributed by atoms with Crippen LogP contribution < -0.4 is 9.46 Å². The minimum absolute atomic E-state index is 0.0941. The lowest BCUT2D eigenvalue weighted by Gasteiger charge is -2.26. The van der Waals surface area contributed by atoms with Crippen molar-refractivity contribution in [2.75, 3.05) is 16.2 Å². The lowest BCUT2D eigenvalue weighted by molar-refractivity contribution is 0.432. The van der Waals surface area contributed by atoms with Crippen molar-refractivity contribution in [1.29, 1.82) is 0 Å². The molecule has 0 saturated carbocycles. The molecule has 1 aliphatic heterocycles. The monoisotopic (exact) mass is 589 g/mol. The van der Waals surface area contributed by atoms with Crippen LogP contribution in [0.5, 0.6) is 11.5 Å². The van der Waals surface area contributed by atoms with Crippen molar-refractivity contribution >= 4 is 48.9 Å². The molecule has 5 rings (SSSR count). The molecule has 16 heteroatoms. The minimum Gasteiger partial charge on any atom is -0.453 e. The fraction of sp³-hybridized carbons (Fsp3) is 0.190. The molecular formula is C21H18ClF2N5O5S3. The fourth-order valence-electron chi connectivity index (χ4n) is 3.90. The van der Waals surface area contributed by atoms with Gasteiger partial charge in [0.05, 0.1) is 17.5 Å². The SMILES string of the molecule is O=S(=O)(Nc1ncns1)c1cc(F)c(Oc2ccc(Cl)cc2-c2ccnn2C2CCS(O)(O)C2)cc1F. The highest BCUT2D eigenvalue weighted by molar-refractivity contribution is 8.24. The molecular weight excluding hydrogens is 572 g/mol. The molecule has 1 saturated heterocycles. The van der Waals surface area contributed by atoms with Crippen molar-refractivity contribution < 1.29 is 31.0 Å². The number of ether oxygens (including phenoxy) is 1. The smallest absolute Gasteiger partial charge is 0.266 e. The summed E-state index contributed by atoms with van der Waals surface area (Å²) in [6.45, 7) is 0. The van der Waals surface area contributed by atoms with Gasteiger partial charge in [-0.05, 0) is 30.7 Å². The van der Waals surface area contributed by atoms with Crippen LogP contribution in [0, 0.1) is 11.6 Å². The van der Waals surface area contributed by atoms with Crippen molar-refractivity contribution in [2.45, 2.75) is 17.4 Å². The average molecular weight is 590 g/mol. The van der Waals surface area contributed by atoms with E-state index in [1.165, 1.54) is 18.3 Å². The van der Waals surface area contributed by atoms with Gasteiger partial charge in [-0.3, -0.25) is 18.5 Å². The van der Waals surface area contributed by atoms with Crippen LogP contribution in [0.25, 0.3) is 11.3 Å². The first kappa shape index (κ1) is 25.8. The molecule has 1 fully saturated rings. The van der Waals surface area contributed by atoms with Gasteiger partial charge in [0.25, 0.3) is 10.0 Å². The molecule has 3 N–H and O–H groups in total. The topological polar surface area (TPSA) is 139 Å². The summed E-state index contributed by atoms with van der Waals surface area (Å²) < 4.78 is 88.0. The molecule has 0 aliphatic carbocycles. The second-order valence-corrected chi connectivity index (χ2v) is 13.3. The Labute approximate surface area is 220 Å². The Balaban J connectivity index is 1.48. The van der Waals surface area contributed by atoms with Crippen molar-refractivity contribution in [3.05, 3.63) is 65.6 Å². The van der Waals surface area contributed by atoms with E-state index in [1.807, 2.05) is 4.72 Å². The Bertz CT molecular complexity index is 1570.